The van der Waals surface area contributed by atoms with Gasteiger partial charge < -0.3 is 62.7 Å². The Balaban J connectivity index is 5.16. The van der Waals surface area contributed by atoms with Crippen molar-refractivity contribution < 1.29 is 39.8 Å². The van der Waals surface area contributed by atoms with Crippen molar-refractivity contribution in [2.75, 3.05) is 52.9 Å². The Kier molecular flexibility index (Phi) is 16.8. The van der Waals surface area contributed by atoms with Crippen LogP contribution in [0.1, 0.15) is 25.7 Å². The summed E-state index contributed by atoms with van der Waals surface area (Å²) in [4.78, 5) is 0. The van der Waals surface area contributed by atoms with Gasteiger partial charge in [0, 0.05) is 25.7 Å². The van der Waals surface area contributed by atoms with Crippen molar-refractivity contribution in [2.24, 2.45) is 49.0 Å². The maximum Gasteiger partial charge on any atom is 0.141 e. The SMILES string of the molecule is N/C(CCOCC(COCC/C(N)=N/O)(COCC/C(N)=N\O)COCC/C(N)=N\O)=N\O. The fraction of sp³-hybridized carbons (Fsp3) is 0.765. The van der Waals surface area contributed by atoms with Gasteiger partial charge in [0.15, 0.2) is 0 Å². The topological polar surface area (TPSA) is 271 Å². The van der Waals surface area contributed by atoms with E-state index in [-0.39, 0.29) is 102 Å². The molecule has 0 amide bonds. The molecule has 0 aliphatic carbocycles. The normalized spacial score (nSPS) is 14.1. The molecule has 12 N–H and O–H groups in total. The Bertz CT molecular complexity index is 535. The van der Waals surface area contributed by atoms with Crippen LogP contribution in [0.25, 0.3) is 0 Å². The van der Waals surface area contributed by atoms with E-state index in [0.717, 1.165) is 0 Å². The second-order valence-corrected chi connectivity index (χ2v) is 7.08. The van der Waals surface area contributed by atoms with Crippen LogP contribution in [0.5, 0.6) is 0 Å². The summed E-state index contributed by atoms with van der Waals surface area (Å²) in [6, 6.07) is 0. The van der Waals surface area contributed by atoms with E-state index in [9.17, 15) is 0 Å². The van der Waals surface area contributed by atoms with Gasteiger partial charge in [-0.3, -0.25) is 0 Å². The third-order valence-electron chi connectivity index (χ3n) is 4.16. The highest BCUT2D eigenvalue weighted by molar-refractivity contribution is 5.80. The van der Waals surface area contributed by atoms with Gasteiger partial charge in [0.25, 0.3) is 0 Å². The van der Waals surface area contributed by atoms with Gasteiger partial charge in [-0.1, -0.05) is 20.6 Å². The monoisotopic (exact) mass is 480 g/mol. The molecule has 0 aromatic heterocycles. The molecule has 0 saturated carbocycles. The molecule has 0 spiro atoms. The first-order valence-electron chi connectivity index (χ1n) is 9.99. The molecule has 0 atom stereocenters. The molecule has 0 aromatic carbocycles. The minimum atomic E-state index is -0.813. The quantitative estimate of drug-likeness (QED) is 0.0328. The largest absolute Gasteiger partial charge is 0.409 e. The van der Waals surface area contributed by atoms with Crippen molar-refractivity contribution in [3.8, 4) is 0 Å². The van der Waals surface area contributed by atoms with Crippen LogP contribution in [0.4, 0.5) is 0 Å². The van der Waals surface area contributed by atoms with Crippen LogP contribution in [-0.2, 0) is 18.9 Å². The lowest BCUT2D eigenvalue weighted by Crippen LogP contribution is -2.42. The molecule has 0 bridgehead atoms. The van der Waals surface area contributed by atoms with Crippen molar-refractivity contribution in [3.63, 3.8) is 0 Å². The van der Waals surface area contributed by atoms with Gasteiger partial charge in [0.05, 0.1) is 58.3 Å². The molecule has 0 heterocycles. The van der Waals surface area contributed by atoms with E-state index in [0.29, 0.717) is 0 Å². The zero-order chi connectivity index (χ0) is 25.0. The van der Waals surface area contributed by atoms with E-state index < -0.39 is 5.41 Å². The molecule has 0 aliphatic heterocycles. The summed E-state index contributed by atoms with van der Waals surface area (Å²) in [5, 5.41) is 46.2. The molecule has 0 unspecified atom stereocenters. The summed E-state index contributed by atoms with van der Waals surface area (Å²) in [6.07, 6.45) is 0.800. The predicted molar refractivity (Wildman–Crippen MR) is 118 cm³/mol. The van der Waals surface area contributed by atoms with E-state index in [1.165, 1.54) is 0 Å². The number of amidine groups is 4. The smallest absolute Gasteiger partial charge is 0.141 e. The predicted octanol–water partition coefficient (Wildman–Crippen LogP) is -1.41. The van der Waals surface area contributed by atoms with Gasteiger partial charge in [-0.25, -0.2) is 0 Å². The van der Waals surface area contributed by atoms with Crippen LogP contribution in [0.2, 0.25) is 0 Å². The molecular weight excluding hydrogens is 444 g/mol. The first kappa shape index (κ1) is 29.9. The second-order valence-electron chi connectivity index (χ2n) is 7.08. The average molecular weight is 481 g/mol. The molecule has 16 heteroatoms. The maximum absolute atomic E-state index is 8.65. The summed E-state index contributed by atoms with van der Waals surface area (Å²) in [7, 11) is 0. The number of nitrogens with two attached hydrogens (primary N) is 4. The Labute approximate surface area is 191 Å². The van der Waals surface area contributed by atoms with Crippen molar-refractivity contribution >= 4 is 23.3 Å². The highest BCUT2D eigenvalue weighted by Gasteiger charge is 2.32. The minimum Gasteiger partial charge on any atom is -0.409 e. The van der Waals surface area contributed by atoms with Gasteiger partial charge >= 0.3 is 0 Å². The van der Waals surface area contributed by atoms with Crippen molar-refractivity contribution in [1.29, 1.82) is 0 Å². The van der Waals surface area contributed by atoms with Crippen LogP contribution in [0.3, 0.4) is 0 Å². The Morgan fingerprint density at radius 1 is 0.485 bits per heavy atom. The van der Waals surface area contributed by atoms with Gasteiger partial charge in [-0.05, 0) is 0 Å². The third-order valence-corrected chi connectivity index (χ3v) is 4.16. The zero-order valence-electron chi connectivity index (χ0n) is 18.5. The second kappa shape index (κ2) is 18.5. The molecule has 0 radical (unpaired) electrons. The summed E-state index contributed by atoms with van der Waals surface area (Å²) in [5.41, 5.74) is 21.0. The maximum atomic E-state index is 8.65. The fourth-order valence-corrected chi connectivity index (χ4v) is 2.31. The van der Waals surface area contributed by atoms with Gasteiger partial charge in [-0.15, -0.1) is 0 Å². The molecule has 0 fully saturated rings. The molecule has 33 heavy (non-hydrogen) atoms. The van der Waals surface area contributed by atoms with Crippen molar-refractivity contribution in [3.05, 3.63) is 0 Å². The van der Waals surface area contributed by atoms with E-state index in [4.69, 9.17) is 62.7 Å². The third kappa shape index (κ3) is 15.4. The Hall–Kier alpha value is -3.08. The van der Waals surface area contributed by atoms with Crippen LogP contribution >= 0.6 is 0 Å². The Morgan fingerprint density at radius 2 is 0.697 bits per heavy atom. The molecule has 0 aliphatic rings. The molecule has 192 valence electrons. The highest BCUT2D eigenvalue weighted by Crippen LogP contribution is 2.21. The van der Waals surface area contributed by atoms with Crippen LogP contribution < -0.4 is 22.9 Å². The molecule has 0 rings (SSSR count). The minimum absolute atomic E-state index is 0.0145. The van der Waals surface area contributed by atoms with Gasteiger partial charge in [0.2, 0.25) is 0 Å². The molecule has 16 nitrogen and oxygen atoms in total. The van der Waals surface area contributed by atoms with E-state index in [1.54, 1.807) is 0 Å². The van der Waals surface area contributed by atoms with Gasteiger partial charge in [0.1, 0.15) is 23.3 Å². The molecule has 0 saturated heterocycles. The summed E-state index contributed by atoms with van der Waals surface area (Å²) in [6.45, 7) is 1.10. The van der Waals surface area contributed by atoms with Gasteiger partial charge in [-0.2, -0.15) is 0 Å². The number of hydrogen-bond acceptors (Lipinski definition) is 12. The van der Waals surface area contributed by atoms with Crippen molar-refractivity contribution in [2.45, 2.75) is 25.7 Å². The van der Waals surface area contributed by atoms with E-state index >= 15 is 0 Å². The molecular formula is C17H36N8O8. The lowest BCUT2D eigenvalue weighted by Gasteiger charge is -2.33. The summed E-state index contributed by atoms with van der Waals surface area (Å²) < 4.78 is 22.8. The summed E-state index contributed by atoms with van der Waals surface area (Å²) in [5.74, 6) is 0.0580. The van der Waals surface area contributed by atoms with Crippen LogP contribution in [0.15, 0.2) is 20.6 Å². The first-order valence-corrected chi connectivity index (χ1v) is 9.99. The summed E-state index contributed by atoms with van der Waals surface area (Å²) >= 11 is 0. The van der Waals surface area contributed by atoms with E-state index in [1.807, 2.05) is 0 Å². The number of rotatable bonds is 20. The number of ether oxygens (including phenoxy) is 4. The zero-order valence-corrected chi connectivity index (χ0v) is 18.5. The standard InChI is InChI=1S/C17H36N8O8/c18-13(22-26)1-5-30-9-17(10-31-6-2-14(19)23-27,11-32-7-3-15(20)24-28)12-33-8-4-16(21)25-29/h26-29H,1-12H2,(H2,18,22)(H2,19,23)(H2,20,24)(H2,21,25). The van der Waals surface area contributed by atoms with Crippen LogP contribution in [0, 0.1) is 5.41 Å². The highest BCUT2D eigenvalue weighted by atomic mass is 16.5. The molecule has 0 aromatic rings. The number of oxime groups is 4. The Morgan fingerprint density at radius 3 is 0.879 bits per heavy atom. The van der Waals surface area contributed by atoms with E-state index in [2.05, 4.69) is 20.6 Å². The fourth-order valence-electron chi connectivity index (χ4n) is 2.31. The number of hydrogen-bond donors (Lipinski definition) is 8. The lowest BCUT2D eigenvalue weighted by molar-refractivity contribution is -0.104. The lowest BCUT2D eigenvalue weighted by atomic mass is 9.92. The van der Waals surface area contributed by atoms with Crippen LogP contribution in [-0.4, -0.2) is 97.0 Å². The average Bonchev–Trinajstić information content (AvgIpc) is 2.83. The number of nitrogens with zero attached hydrogens (tertiary/aromatic N) is 4. The first-order chi connectivity index (χ1) is 15.8. The van der Waals surface area contributed by atoms with Crippen molar-refractivity contribution in [1.82, 2.24) is 0 Å².